The standard InChI is InChI=1S/C23H42N2O/c1-5-6-16-7-10-20(3)18-8-11-19(2)17(9-12-21(19,4)26)23(18,25)14-13-22(20,24)15-16/h16-18,26H,5-15,24-25H2,1-4H3. The van der Waals surface area contributed by atoms with E-state index in [9.17, 15) is 5.11 Å². The van der Waals surface area contributed by atoms with Gasteiger partial charge in [0.15, 0.2) is 0 Å². The zero-order valence-corrected chi connectivity index (χ0v) is 17.6. The zero-order valence-electron chi connectivity index (χ0n) is 17.6. The third-order valence-electron chi connectivity index (χ3n) is 10.5. The minimum atomic E-state index is -0.564. The van der Waals surface area contributed by atoms with Crippen molar-refractivity contribution in [2.75, 3.05) is 0 Å². The van der Waals surface area contributed by atoms with Crippen molar-refractivity contribution in [3.63, 3.8) is 0 Å². The van der Waals surface area contributed by atoms with Crippen molar-refractivity contribution < 1.29 is 5.11 Å². The summed E-state index contributed by atoms with van der Waals surface area (Å²) in [6, 6.07) is 0. The molecule has 0 heterocycles. The first-order valence-electron chi connectivity index (χ1n) is 11.3. The molecule has 4 fully saturated rings. The highest BCUT2D eigenvalue weighted by Gasteiger charge is 2.70. The topological polar surface area (TPSA) is 72.3 Å². The Labute approximate surface area is 160 Å². The van der Waals surface area contributed by atoms with Gasteiger partial charge in [-0.05, 0) is 87.9 Å². The van der Waals surface area contributed by atoms with E-state index in [2.05, 4.69) is 27.7 Å². The molecule has 8 atom stereocenters. The second-order valence-corrected chi connectivity index (χ2v) is 11.5. The number of fused-ring (bicyclic) bond motifs is 5. The van der Waals surface area contributed by atoms with Gasteiger partial charge in [0, 0.05) is 16.5 Å². The summed E-state index contributed by atoms with van der Waals surface area (Å²) < 4.78 is 0. The van der Waals surface area contributed by atoms with Gasteiger partial charge in [-0.3, -0.25) is 0 Å². The van der Waals surface area contributed by atoms with Crippen LogP contribution >= 0.6 is 0 Å². The van der Waals surface area contributed by atoms with Crippen LogP contribution in [0, 0.1) is 28.6 Å². The monoisotopic (exact) mass is 362 g/mol. The van der Waals surface area contributed by atoms with Crippen LogP contribution in [0.5, 0.6) is 0 Å². The molecular formula is C23H42N2O. The Morgan fingerprint density at radius 3 is 2.15 bits per heavy atom. The zero-order chi connectivity index (χ0) is 19.0. The SMILES string of the molecule is CCCC1CCC2(C)C3CCC4(C)C(CCC4(C)O)C3(N)CCC2(N)C1. The van der Waals surface area contributed by atoms with Crippen LogP contribution in [0.2, 0.25) is 0 Å². The smallest absolute Gasteiger partial charge is 0.0676 e. The number of rotatable bonds is 2. The Balaban J connectivity index is 1.67. The fraction of sp³-hybridized carbons (Fsp3) is 1.00. The van der Waals surface area contributed by atoms with Crippen molar-refractivity contribution in [2.45, 2.75) is 115 Å². The van der Waals surface area contributed by atoms with Crippen LogP contribution in [-0.4, -0.2) is 21.8 Å². The lowest BCUT2D eigenvalue weighted by Crippen LogP contribution is -2.75. The average molecular weight is 363 g/mol. The van der Waals surface area contributed by atoms with Gasteiger partial charge < -0.3 is 16.6 Å². The molecule has 0 aliphatic heterocycles. The van der Waals surface area contributed by atoms with Crippen molar-refractivity contribution >= 4 is 0 Å². The molecule has 26 heavy (non-hydrogen) atoms. The third-order valence-corrected chi connectivity index (χ3v) is 10.5. The van der Waals surface area contributed by atoms with E-state index in [0.717, 1.165) is 44.4 Å². The van der Waals surface area contributed by atoms with E-state index in [4.69, 9.17) is 11.5 Å². The quantitative estimate of drug-likeness (QED) is 0.683. The Morgan fingerprint density at radius 1 is 0.846 bits per heavy atom. The van der Waals surface area contributed by atoms with Gasteiger partial charge in [-0.25, -0.2) is 0 Å². The van der Waals surface area contributed by atoms with Gasteiger partial charge >= 0.3 is 0 Å². The van der Waals surface area contributed by atoms with Crippen molar-refractivity contribution in [2.24, 2.45) is 40.1 Å². The summed E-state index contributed by atoms with van der Waals surface area (Å²) in [4.78, 5) is 0. The van der Waals surface area contributed by atoms with Crippen LogP contribution in [-0.2, 0) is 0 Å². The van der Waals surface area contributed by atoms with Crippen molar-refractivity contribution in [3.05, 3.63) is 0 Å². The molecule has 3 nitrogen and oxygen atoms in total. The predicted molar refractivity (Wildman–Crippen MR) is 108 cm³/mol. The lowest BCUT2D eigenvalue weighted by molar-refractivity contribution is -0.166. The molecule has 3 heteroatoms. The number of nitrogens with two attached hydrogens (primary N) is 2. The predicted octanol–water partition coefficient (Wildman–Crippen LogP) is 4.36. The molecule has 0 spiro atoms. The van der Waals surface area contributed by atoms with Crippen molar-refractivity contribution in [1.29, 1.82) is 0 Å². The van der Waals surface area contributed by atoms with E-state index in [-0.39, 0.29) is 21.9 Å². The molecule has 5 N–H and O–H groups in total. The van der Waals surface area contributed by atoms with Gasteiger partial charge in [-0.15, -0.1) is 0 Å². The molecule has 0 amide bonds. The number of aliphatic hydroxyl groups is 1. The molecule has 0 aromatic rings. The van der Waals surface area contributed by atoms with Crippen LogP contribution in [0.15, 0.2) is 0 Å². The molecule has 4 aliphatic rings. The molecule has 0 saturated heterocycles. The normalized spacial score (nSPS) is 59.4. The molecule has 0 bridgehead atoms. The highest BCUT2D eigenvalue weighted by Crippen LogP contribution is 2.69. The maximum atomic E-state index is 11.1. The maximum Gasteiger partial charge on any atom is 0.0676 e. The van der Waals surface area contributed by atoms with Gasteiger partial charge in [-0.1, -0.05) is 33.6 Å². The summed E-state index contributed by atoms with van der Waals surface area (Å²) >= 11 is 0. The van der Waals surface area contributed by atoms with E-state index < -0.39 is 5.60 Å². The minimum Gasteiger partial charge on any atom is -0.390 e. The number of hydrogen-bond acceptors (Lipinski definition) is 3. The van der Waals surface area contributed by atoms with E-state index in [1.54, 1.807) is 0 Å². The summed E-state index contributed by atoms with van der Waals surface area (Å²) in [5, 5.41) is 11.1. The molecule has 0 aromatic carbocycles. The first kappa shape index (κ1) is 19.2. The Bertz CT molecular complexity index is 577. The molecular weight excluding hydrogens is 320 g/mol. The summed E-state index contributed by atoms with van der Waals surface area (Å²) in [6.07, 6.45) is 12.8. The van der Waals surface area contributed by atoms with Crippen LogP contribution < -0.4 is 11.5 Å². The maximum absolute atomic E-state index is 11.1. The molecule has 0 radical (unpaired) electrons. The van der Waals surface area contributed by atoms with E-state index in [1.165, 1.54) is 32.1 Å². The van der Waals surface area contributed by atoms with Crippen molar-refractivity contribution in [1.82, 2.24) is 0 Å². The molecule has 8 unspecified atom stereocenters. The van der Waals surface area contributed by atoms with Gasteiger partial charge in [0.1, 0.15) is 0 Å². The Kier molecular flexibility index (Phi) is 4.21. The molecule has 150 valence electrons. The summed E-state index contributed by atoms with van der Waals surface area (Å²) in [6.45, 7) is 9.16. The first-order chi connectivity index (χ1) is 12.0. The summed E-state index contributed by atoms with van der Waals surface area (Å²) in [5.74, 6) is 1.77. The number of hydrogen-bond donors (Lipinski definition) is 3. The second-order valence-electron chi connectivity index (χ2n) is 11.5. The highest BCUT2D eigenvalue weighted by molar-refractivity contribution is 5.24. The Morgan fingerprint density at radius 2 is 1.46 bits per heavy atom. The summed E-state index contributed by atoms with van der Waals surface area (Å²) in [7, 11) is 0. The Hall–Kier alpha value is -0.120. The highest BCUT2D eigenvalue weighted by atomic mass is 16.3. The molecule has 4 saturated carbocycles. The molecule has 0 aromatic heterocycles. The molecule has 4 aliphatic carbocycles. The lowest BCUT2D eigenvalue weighted by Gasteiger charge is -2.69. The lowest BCUT2D eigenvalue weighted by atomic mass is 9.39. The van der Waals surface area contributed by atoms with Crippen LogP contribution in [0.3, 0.4) is 0 Å². The van der Waals surface area contributed by atoms with Crippen LogP contribution in [0.25, 0.3) is 0 Å². The van der Waals surface area contributed by atoms with Crippen molar-refractivity contribution in [3.8, 4) is 0 Å². The minimum absolute atomic E-state index is 0.0252. The fourth-order valence-electron chi connectivity index (χ4n) is 8.53. The van der Waals surface area contributed by atoms with Gasteiger partial charge in [0.25, 0.3) is 0 Å². The molecule has 4 rings (SSSR count). The third kappa shape index (κ3) is 2.23. The van der Waals surface area contributed by atoms with Gasteiger partial charge in [0.05, 0.1) is 5.60 Å². The summed E-state index contributed by atoms with van der Waals surface area (Å²) in [5.41, 5.74) is 13.9. The average Bonchev–Trinajstić information content (AvgIpc) is 2.80. The van der Waals surface area contributed by atoms with Crippen LogP contribution in [0.1, 0.15) is 98.3 Å². The first-order valence-corrected chi connectivity index (χ1v) is 11.3. The van der Waals surface area contributed by atoms with E-state index in [1.807, 2.05) is 0 Å². The van der Waals surface area contributed by atoms with Gasteiger partial charge in [0.2, 0.25) is 0 Å². The largest absolute Gasteiger partial charge is 0.390 e. The van der Waals surface area contributed by atoms with Gasteiger partial charge in [-0.2, -0.15) is 0 Å². The van der Waals surface area contributed by atoms with E-state index in [0.29, 0.717) is 11.8 Å². The van der Waals surface area contributed by atoms with E-state index >= 15 is 0 Å². The fourth-order valence-corrected chi connectivity index (χ4v) is 8.53. The van der Waals surface area contributed by atoms with Crippen LogP contribution in [0.4, 0.5) is 0 Å². The second kappa shape index (κ2) is 5.70.